The molecule has 0 aliphatic heterocycles. The van der Waals surface area contributed by atoms with Crippen LogP contribution in [-0.2, 0) is 14.8 Å². The van der Waals surface area contributed by atoms with Crippen LogP contribution >= 0.6 is 0 Å². The highest BCUT2D eigenvalue weighted by Crippen LogP contribution is 2.17. The quantitative estimate of drug-likeness (QED) is 0.663. The van der Waals surface area contributed by atoms with Crippen LogP contribution < -0.4 is 16.2 Å². The Balaban J connectivity index is 2.99. The molecule has 0 radical (unpaired) electrons. The number of benzene rings is 1. The lowest BCUT2D eigenvalue weighted by molar-refractivity contribution is -0.119. The van der Waals surface area contributed by atoms with Gasteiger partial charge in [0.05, 0.1) is 4.90 Å². The van der Waals surface area contributed by atoms with E-state index in [-0.39, 0.29) is 11.3 Å². The average molecular weight is 271 g/mol. The summed E-state index contributed by atoms with van der Waals surface area (Å²) in [5.74, 6) is -0.574. The molecule has 0 saturated carbocycles. The number of nitrogens with one attached hydrogen (secondary N) is 1. The monoisotopic (exact) mass is 271 g/mol. The van der Waals surface area contributed by atoms with E-state index in [9.17, 15) is 13.2 Å². The van der Waals surface area contributed by atoms with Crippen LogP contribution in [0, 0.1) is 0 Å². The van der Waals surface area contributed by atoms with E-state index in [2.05, 4.69) is 4.72 Å². The molecule has 0 saturated heterocycles. The van der Waals surface area contributed by atoms with Crippen molar-refractivity contribution in [1.82, 2.24) is 4.72 Å². The van der Waals surface area contributed by atoms with E-state index in [0.717, 1.165) is 0 Å². The molecule has 5 N–H and O–H groups in total. The third kappa shape index (κ3) is 4.01. The van der Waals surface area contributed by atoms with Crippen molar-refractivity contribution >= 4 is 21.6 Å². The number of anilines is 1. The Labute approximate surface area is 106 Å². The zero-order chi connectivity index (χ0) is 14.0. The molecule has 1 aromatic carbocycles. The van der Waals surface area contributed by atoms with Crippen molar-refractivity contribution in [2.75, 3.05) is 5.73 Å². The van der Waals surface area contributed by atoms with Gasteiger partial charge in [0.25, 0.3) is 0 Å². The first-order valence-electron chi connectivity index (χ1n) is 5.30. The molecule has 0 heterocycles. The molecule has 0 spiro atoms. The van der Waals surface area contributed by atoms with Gasteiger partial charge in [0.2, 0.25) is 15.9 Å². The van der Waals surface area contributed by atoms with Gasteiger partial charge in [-0.15, -0.1) is 0 Å². The van der Waals surface area contributed by atoms with E-state index < -0.39 is 21.5 Å². The fourth-order valence-corrected chi connectivity index (χ4v) is 3.04. The SMILES string of the molecule is CC(C)(CC(N)=O)NS(=O)(=O)c1cccc(N)c1. The van der Waals surface area contributed by atoms with E-state index in [1.807, 2.05) is 0 Å². The fourth-order valence-electron chi connectivity index (χ4n) is 1.58. The summed E-state index contributed by atoms with van der Waals surface area (Å²) < 4.78 is 26.5. The number of amides is 1. The van der Waals surface area contributed by atoms with Gasteiger partial charge in [-0.1, -0.05) is 6.07 Å². The van der Waals surface area contributed by atoms with Crippen LogP contribution in [-0.4, -0.2) is 19.9 Å². The van der Waals surface area contributed by atoms with Crippen LogP contribution in [0.25, 0.3) is 0 Å². The van der Waals surface area contributed by atoms with Gasteiger partial charge >= 0.3 is 0 Å². The molecule has 0 atom stereocenters. The first-order valence-corrected chi connectivity index (χ1v) is 6.78. The lowest BCUT2D eigenvalue weighted by Gasteiger charge is -2.24. The van der Waals surface area contributed by atoms with Gasteiger partial charge in [-0.2, -0.15) is 0 Å². The lowest BCUT2D eigenvalue weighted by atomic mass is 10.0. The number of primary amides is 1. The minimum absolute atomic E-state index is 0.0556. The minimum Gasteiger partial charge on any atom is -0.399 e. The molecule has 7 heteroatoms. The first kappa shape index (κ1) is 14.5. The minimum atomic E-state index is -3.72. The topological polar surface area (TPSA) is 115 Å². The number of nitrogen functional groups attached to an aromatic ring is 1. The highest BCUT2D eigenvalue weighted by atomic mass is 32.2. The van der Waals surface area contributed by atoms with Crippen molar-refractivity contribution in [2.24, 2.45) is 5.73 Å². The predicted molar refractivity (Wildman–Crippen MR) is 69.1 cm³/mol. The summed E-state index contributed by atoms with van der Waals surface area (Å²) in [5, 5.41) is 0. The van der Waals surface area contributed by atoms with Crippen molar-refractivity contribution in [1.29, 1.82) is 0 Å². The van der Waals surface area contributed by atoms with Crippen molar-refractivity contribution in [3.63, 3.8) is 0 Å². The molecule has 0 unspecified atom stereocenters. The molecule has 100 valence electrons. The van der Waals surface area contributed by atoms with Gasteiger partial charge in [-0.3, -0.25) is 4.79 Å². The van der Waals surface area contributed by atoms with Gasteiger partial charge in [0.1, 0.15) is 0 Å². The maximum absolute atomic E-state index is 12.1. The van der Waals surface area contributed by atoms with Crippen molar-refractivity contribution in [2.45, 2.75) is 30.7 Å². The molecule has 0 bridgehead atoms. The Kier molecular flexibility index (Phi) is 3.98. The van der Waals surface area contributed by atoms with Gasteiger partial charge in [-0.25, -0.2) is 13.1 Å². The number of hydrogen-bond acceptors (Lipinski definition) is 4. The standard InChI is InChI=1S/C11H17N3O3S/c1-11(2,7-10(13)15)14-18(16,17)9-5-3-4-8(12)6-9/h3-6,14H,7,12H2,1-2H3,(H2,13,15). The Hall–Kier alpha value is -1.60. The van der Waals surface area contributed by atoms with Crippen LogP contribution in [0.2, 0.25) is 0 Å². The van der Waals surface area contributed by atoms with Crippen molar-refractivity contribution in [3.05, 3.63) is 24.3 Å². The van der Waals surface area contributed by atoms with E-state index in [0.29, 0.717) is 5.69 Å². The van der Waals surface area contributed by atoms with Crippen LogP contribution in [0.5, 0.6) is 0 Å². The van der Waals surface area contributed by atoms with Crippen LogP contribution in [0.1, 0.15) is 20.3 Å². The summed E-state index contributed by atoms with van der Waals surface area (Å²) in [6.45, 7) is 3.17. The highest BCUT2D eigenvalue weighted by molar-refractivity contribution is 7.89. The molecule has 0 aromatic heterocycles. The van der Waals surface area contributed by atoms with E-state index in [4.69, 9.17) is 11.5 Å². The zero-order valence-electron chi connectivity index (χ0n) is 10.3. The number of sulfonamides is 1. The average Bonchev–Trinajstić information content (AvgIpc) is 2.13. The summed E-state index contributed by atoms with van der Waals surface area (Å²) >= 11 is 0. The number of hydrogen-bond donors (Lipinski definition) is 3. The van der Waals surface area contributed by atoms with Gasteiger partial charge in [0.15, 0.2) is 0 Å². The van der Waals surface area contributed by atoms with E-state index in [1.54, 1.807) is 26.0 Å². The molecule has 0 aliphatic carbocycles. The number of rotatable bonds is 5. The molecular formula is C11H17N3O3S. The number of nitrogens with two attached hydrogens (primary N) is 2. The summed E-state index contributed by atoms with van der Waals surface area (Å²) in [7, 11) is -3.72. The van der Waals surface area contributed by atoms with E-state index >= 15 is 0 Å². The largest absolute Gasteiger partial charge is 0.399 e. The molecule has 1 rings (SSSR count). The van der Waals surface area contributed by atoms with Gasteiger partial charge in [0, 0.05) is 17.6 Å². The summed E-state index contributed by atoms with van der Waals surface area (Å²) in [6.07, 6.45) is -0.0887. The third-order valence-electron chi connectivity index (χ3n) is 2.20. The fraction of sp³-hybridized carbons (Fsp3) is 0.364. The van der Waals surface area contributed by atoms with Crippen LogP contribution in [0.4, 0.5) is 5.69 Å². The summed E-state index contributed by atoms with van der Waals surface area (Å²) in [5.41, 5.74) is 10.0. The van der Waals surface area contributed by atoms with Crippen molar-refractivity contribution < 1.29 is 13.2 Å². The highest BCUT2D eigenvalue weighted by Gasteiger charge is 2.27. The number of carbonyl (C=O) groups excluding carboxylic acids is 1. The molecule has 0 aliphatic rings. The molecule has 18 heavy (non-hydrogen) atoms. The summed E-state index contributed by atoms with van der Waals surface area (Å²) in [6, 6.07) is 5.92. The Bertz CT molecular complexity index is 552. The van der Waals surface area contributed by atoms with E-state index in [1.165, 1.54) is 12.1 Å². The molecule has 1 aromatic rings. The summed E-state index contributed by atoms with van der Waals surface area (Å²) in [4.78, 5) is 10.9. The Morgan fingerprint density at radius 3 is 2.50 bits per heavy atom. The Morgan fingerprint density at radius 2 is 2.00 bits per heavy atom. The smallest absolute Gasteiger partial charge is 0.241 e. The van der Waals surface area contributed by atoms with Gasteiger partial charge in [-0.05, 0) is 32.0 Å². The number of carbonyl (C=O) groups is 1. The molecule has 1 amide bonds. The second kappa shape index (κ2) is 4.95. The molecule has 0 fully saturated rings. The van der Waals surface area contributed by atoms with Gasteiger partial charge < -0.3 is 11.5 Å². The lowest BCUT2D eigenvalue weighted by Crippen LogP contribution is -2.45. The first-order chi connectivity index (χ1) is 8.12. The van der Waals surface area contributed by atoms with Crippen LogP contribution in [0.3, 0.4) is 0 Å². The van der Waals surface area contributed by atoms with Crippen molar-refractivity contribution in [3.8, 4) is 0 Å². The zero-order valence-corrected chi connectivity index (χ0v) is 11.1. The third-order valence-corrected chi connectivity index (χ3v) is 3.89. The molecular weight excluding hydrogens is 254 g/mol. The normalized spacial score (nSPS) is 12.3. The maximum Gasteiger partial charge on any atom is 0.241 e. The van der Waals surface area contributed by atoms with Crippen LogP contribution in [0.15, 0.2) is 29.2 Å². The predicted octanol–water partition coefficient (Wildman–Crippen LogP) is 0.201. The second-order valence-electron chi connectivity index (χ2n) is 4.70. The second-order valence-corrected chi connectivity index (χ2v) is 6.39. The Morgan fingerprint density at radius 1 is 1.39 bits per heavy atom. The molecule has 6 nitrogen and oxygen atoms in total. The maximum atomic E-state index is 12.1.